The van der Waals surface area contributed by atoms with Crippen LogP contribution in [0.4, 0.5) is 5.69 Å². The van der Waals surface area contributed by atoms with Gasteiger partial charge in [-0.3, -0.25) is 4.79 Å². The van der Waals surface area contributed by atoms with Crippen molar-refractivity contribution in [1.29, 1.82) is 0 Å². The molecule has 0 aliphatic rings. The summed E-state index contributed by atoms with van der Waals surface area (Å²) in [4.78, 5) is 17.6. The second-order valence-corrected chi connectivity index (χ2v) is 7.43. The van der Waals surface area contributed by atoms with E-state index in [1.54, 1.807) is 0 Å². The zero-order valence-electron chi connectivity index (χ0n) is 13.5. The third-order valence-corrected chi connectivity index (χ3v) is 5.36. The quantitative estimate of drug-likeness (QED) is 0.643. The highest BCUT2D eigenvalue weighted by Gasteiger charge is 2.19. The van der Waals surface area contributed by atoms with Crippen LogP contribution in [0.3, 0.4) is 0 Å². The molecule has 0 unspecified atom stereocenters. The van der Waals surface area contributed by atoms with Crippen molar-refractivity contribution in [2.45, 2.75) is 26.7 Å². The van der Waals surface area contributed by atoms with E-state index >= 15 is 0 Å². The monoisotopic (exact) mass is 405 g/mol. The maximum absolute atomic E-state index is 12.5. The SMILES string of the molecule is Cc1cccc(-c2nc(C(C)C)no2)c1NC(=O)c1sccc1Br. The molecular weight excluding hydrogens is 390 g/mol. The Kier molecular flexibility index (Phi) is 4.82. The number of carbonyl (C=O) groups is 1. The minimum absolute atomic E-state index is 0.170. The van der Waals surface area contributed by atoms with Gasteiger partial charge in [-0.05, 0) is 45.9 Å². The summed E-state index contributed by atoms with van der Waals surface area (Å²) in [7, 11) is 0. The summed E-state index contributed by atoms with van der Waals surface area (Å²) in [6.07, 6.45) is 0. The number of benzene rings is 1. The number of carbonyl (C=O) groups excluding carboxylic acids is 1. The van der Waals surface area contributed by atoms with Crippen LogP contribution in [0.5, 0.6) is 0 Å². The molecule has 2 heterocycles. The second kappa shape index (κ2) is 6.86. The molecule has 24 heavy (non-hydrogen) atoms. The Labute approximate surface area is 152 Å². The molecule has 1 aromatic carbocycles. The largest absolute Gasteiger partial charge is 0.334 e. The predicted molar refractivity (Wildman–Crippen MR) is 98.5 cm³/mol. The number of para-hydroxylation sites is 1. The number of aromatic nitrogens is 2. The topological polar surface area (TPSA) is 68.0 Å². The molecule has 3 aromatic rings. The molecule has 1 N–H and O–H groups in total. The molecule has 0 radical (unpaired) electrons. The van der Waals surface area contributed by atoms with Crippen LogP contribution in [0.2, 0.25) is 0 Å². The fourth-order valence-corrected chi connectivity index (χ4v) is 3.66. The number of rotatable bonds is 4. The number of nitrogens with zero attached hydrogens (tertiary/aromatic N) is 2. The lowest BCUT2D eigenvalue weighted by Crippen LogP contribution is -2.12. The summed E-state index contributed by atoms with van der Waals surface area (Å²) in [6, 6.07) is 7.55. The Morgan fingerprint density at radius 3 is 2.75 bits per heavy atom. The molecular formula is C17H16BrN3O2S. The van der Waals surface area contributed by atoms with Gasteiger partial charge < -0.3 is 9.84 Å². The number of hydrogen-bond donors (Lipinski definition) is 1. The van der Waals surface area contributed by atoms with E-state index in [2.05, 4.69) is 31.4 Å². The fourth-order valence-electron chi connectivity index (χ4n) is 2.22. The first-order valence-electron chi connectivity index (χ1n) is 7.45. The normalized spacial score (nSPS) is 11.0. The van der Waals surface area contributed by atoms with Crippen molar-refractivity contribution in [2.75, 3.05) is 5.32 Å². The smallest absolute Gasteiger partial charge is 0.266 e. The molecule has 0 atom stereocenters. The summed E-state index contributed by atoms with van der Waals surface area (Å²) < 4.78 is 6.16. The summed E-state index contributed by atoms with van der Waals surface area (Å²) in [5.74, 6) is 1.05. The van der Waals surface area contributed by atoms with E-state index in [-0.39, 0.29) is 11.8 Å². The lowest BCUT2D eigenvalue weighted by atomic mass is 10.1. The van der Waals surface area contributed by atoms with Gasteiger partial charge in [-0.1, -0.05) is 31.1 Å². The lowest BCUT2D eigenvalue weighted by molar-refractivity contribution is 0.103. The Hall–Kier alpha value is -1.99. The molecule has 1 amide bonds. The molecule has 7 heteroatoms. The molecule has 3 rings (SSSR count). The van der Waals surface area contributed by atoms with Crippen molar-refractivity contribution in [3.05, 3.63) is 50.4 Å². The predicted octanol–water partition coefficient (Wildman–Crippen LogP) is 5.24. The van der Waals surface area contributed by atoms with E-state index in [1.165, 1.54) is 11.3 Å². The number of nitrogens with one attached hydrogen (secondary N) is 1. The molecule has 0 saturated carbocycles. The van der Waals surface area contributed by atoms with Gasteiger partial charge in [0.25, 0.3) is 11.8 Å². The molecule has 0 aliphatic carbocycles. The van der Waals surface area contributed by atoms with Crippen molar-refractivity contribution in [3.63, 3.8) is 0 Å². The second-order valence-electron chi connectivity index (χ2n) is 5.66. The average Bonchev–Trinajstić information content (AvgIpc) is 3.18. The van der Waals surface area contributed by atoms with Crippen molar-refractivity contribution in [1.82, 2.24) is 10.1 Å². The van der Waals surface area contributed by atoms with Gasteiger partial charge >= 0.3 is 0 Å². The van der Waals surface area contributed by atoms with Crippen LogP contribution in [-0.4, -0.2) is 16.0 Å². The van der Waals surface area contributed by atoms with Gasteiger partial charge in [0, 0.05) is 10.4 Å². The summed E-state index contributed by atoms with van der Waals surface area (Å²) in [6.45, 7) is 5.94. The number of hydrogen-bond acceptors (Lipinski definition) is 5. The molecule has 0 saturated heterocycles. The molecule has 2 aromatic heterocycles. The van der Waals surface area contributed by atoms with Crippen molar-refractivity contribution in [2.24, 2.45) is 0 Å². The van der Waals surface area contributed by atoms with E-state index in [4.69, 9.17) is 4.52 Å². The Morgan fingerprint density at radius 1 is 1.33 bits per heavy atom. The van der Waals surface area contributed by atoms with Crippen LogP contribution in [-0.2, 0) is 0 Å². The van der Waals surface area contributed by atoms with Crippen molar-refractivity contribution in [3.8, 4) is 11.5 Å². The number of thiophene rings is 1. The maximum atomic E-state index is 12.5. The molecule has 0 bridgehead atoms. The van der Waals surface area contributed by atoms with Gasteiger partial charge in [0.2, 0.25) is 0 Å². The van der Waals surface area contributed by atoms with Crippen LogP contribution in [0.1, 0.15) is 40.8 Å². The molecule has 5 nitrogen and oxygen atoms in total. The van der Waals surface area contributed by atoms with Crippen LogP contribution >= 0.6 is 27.3 Å². The zero-order valence-corrected chi connectivity index (χ0v) is 15.9. The fraction of sp³-hybridized carbons (Fsp3) is 0.235. The average molecular weight is 406 g/mol. The minimum atomic E-state index is -0.170. The summed E-state index contributed by atoms with van der Waals surface area (Å²) in [5, 5.41) is 8.84. The van der Waals surface area contributed by atoms with E-state index in [0.29, 0.717) is 22.3 Å². The lowest BCUT2D eigenvalue weighted by Gasteiger charge is -2.11. The Balaban J connectivity index is 1.98. The molecule has 0 fully saturated rings. The van der Waals surface area contributed by atoms with E-state index in [9.17, 15) is 4.79 Å². The number of amides is 1. The van der Waals surface area contributed by atoms with Crippen molar-refractivity contribution >= 4 is 38.9 Å². The van der Waals surface area contributed by atoms with Gasteiger partial charge in [0.05, 0.1) is 11.3 Å². The zero-order chi connectivity index (χ0) is 17.3. The molecule has 124 valence electrons. The van der Waals surface area contributed by atoms with E-state index < -0.39 is 0 Å². The van der Waals surface area contributed by atoms with E-state index in [1.807, 2.05) is 50.4 Å². The van der Waals surface area contributed by atoms with Gasteiger partial charge in [-0.15, -0.1) is 11.3 Å². The van der Waals surface area contributed by atoms with Gasteiger partial charge in [0.15, 0.2) is 5.82 Å². The van der Waals surface area contributed by atoms with Crippen LogP contribution < -0.4 is 5.32 Å². The third-order valence-electron chi connectivity index (χ3n) is 3.52. The van der Waals surface area contributed by atoms with Crippen molar-refractivity contribution < 1.29 is 9.32 Å². The standard InChI is InChI=1S/C17H16BrN3O2S/c1-9(2)15-20-17(23-21-15)11-6-4-5-10(3)13(11)19-16(22)14-12(18)7-8-24-14/h4-9H,1-3H3,(H,19,22). The highest BCUT2D eigenvalue weighted by atomic mass is 79.9. The highest BCUT2D eigenvalue weighted by molar-refractivity contribution is 9.10. The number of anilines is 1. The summed E-state index contributed by atoms with van der Waals surface area (Å²) in [5.41, 5.74) is 2.33. The molecule has 0 aliphatic heterocycles. The van der Waals surface area contributed by atoms with Crippen LogP contribution in [0, 0.1) is 6.92 Å². The third kappa shape index (κ3) is 3.27. The first-order chi connectivity index (χ1) is 11.5. The number of halogens is 1. The maximum Gasteiger partial charge on any atom is 0.266 e. The Bertz CT molecular complexity index is 886. The van der Waals surface area contributed by atoms with E-state index in [0.717, 1.165) is 15.6 Å². The van der Waals surface area contributed by atoms with Gasteiger partial charge in [0.1, 0.15) is 4.88 Å². The first-order valence-corrected chi connectivity index (χ1v) is 9.12. The minimum Gasteiger partial charge on any atom is -0.334 e. The summed E-state index contributed by atoms with van der Waals surface area (Å²) >= 11 is 4.77. The number of aryl methyl sites for hydroxylation is 1. The highest BCUT2D eigenvalue weighted by Crippen LogP contribution is 2.32. The van der Waals surface area contributed by atoms with Crippen LogP contribution in [0.25, 0.3) is 11.5 Å². The first kappa shape index (κ1) is 16.9. The Morgan fingerprint density at radius 2 is 2.12 bits per heavy atom. The molecule has 0 spiro atoms. The van der Waals surface area contributed by atoms with Gasteiger partial charge in [-0.25, -0.2) is 0 Å². The van der Waals surface area contributed by atoms with Crippen LogP contribution in [0.15, 0.2) is 38.6 Å². The van der Waals surface area contributed by atoms with Gasteiger partial charge in [-0.2, -0.15) is 4.98 Å².